The van der Waals surface area contributed by atoms with Crippen molar-refractivity contribution in [3.8, 4) is 0 Å². The quantitative estimate of drug-likeness (QED) is 0.240. The average Bonchev–Trinajstić information content (AvgIpc) is 2.70. The van der Waals surface area contributed by atoms with Crippen molar-refractivity contribution >= 4 is 11.9 Å². The molecule has 4 heteroatoms. The second-order valence-corrected chi connectivity index (χ2v) is 8.14. The van der Waals surface area contributed by atoms with E-state index in [-0.39, 0.29) is 18.4 Å². The lowest BCUT2D eigenvalue weighted by Gasteiger charge is -2.16. The number of hydrogen-bond donors (Lipinski definition) is 0. The Bertz CT molecular complexity index is 585. The zero-order valence-electron chi connectivity index (χ0n) is 18.9. The molecule has 1 aromatic rings. The van der Waals surface area contributed by atoms with E-state index in [0.29, 0.717) is 12.2 Å². The van der Waals surface area contributed by atoms with Crippen LogP contribution >= 0.6 is 0 Å². The molecule has 0 aliphatic carbocycles. The SMILES string of the molecule is CCCCCCCCCCCCCCOC(=O)CN(C)C(=O)c1cccc(C)c1. The standard InChI is InChI=1S/C25H41NO3/c1-4-5-6-7-8-9-10-11-12-13-14-15-19-29-24(27)21-26(3)25(28)23-18-16-17-22(2)20-23/h16-18,20H,4-15,19,21H2,1-3H3. The van der Waals surface area contributed by atoms with Crippen LogP contribution in [0.2, 0.25) is 0 Å². The van der Waals surface area contributed by atoms with Gasteiger partial charge < -0.3 is 9.64 Å². The second kappa shape index (κ2) is 16.0. The maximum absolute atomic E-state index is 12.3. The van der Waals surface area contributed by atoms with Gasteiger partial charge in [-0.1, -0.05) is 95.2 Å². The van der Waals surface area contributed by atoms with Gasteiger partial charge in [-0.3, -0.25) is 9.59 Å². The molecule has 0 heterocycles. The highest BCUT2D eigenvalue weighted by Gasteiger charge is 2.15. The minimum atomic E-state index is -0.337. The molecular weight excluding hydrogens is 362 g/mol. The number of hydrogen-bond acceptors (Lipinski definition) is 3. The minimum Gasteiger partial charge on any atom is -0.464 e. The van der Waals surface area contributed by atoms with E-state index in [1.807, 2.05) is 25.1 Å². The lowest BCUT2D eigenvalue weighted by molar-refractivity contribution is -0.144. The number of nitrogens with zero attached hydrogens (tertiary/aromatic N) is 1. The van der Waals surface area contributed by atoms with Crippen LogP contribution in [0.1, 0.15) is 99.9 Å². The van der Waals surface area contributed by atoms with Crippen LogP contribution in [-0.4, -0.2) is 37.0 Å². The van der Waals surface area contributed by atoms with Crippen molar-refractivity contribution in [2.75, 3.05) is 20.2 Å². The van der Waals surface area contributed by atoms with E-state index in [4.69, 9.17) is 4.74 Å². The number of esters is 1. The second-order valence-electron chi connectivity index (χ2n) is 8.14. The van der Waals surface area contributed by atoms with Crippen molar-refractivity contribution < 1.29 is 14.3 Å². The van der Waals surface area contributed by atoms with Crippen LogP contribution in [0, 0.1) is 6.92 Å². The van der Waals surface area contributed by atoms with Gasteiger partial charge >= 0.3 is 5.97 Å². The predicted molar refractivity (Wildman–Crippen MR) is 120 cm³/mol. The molecule has 0 aliphatic rings. The van der Waals surface area contributed by atoms with E-state index in [9.17, 15) is 9.59 Å². The van der Waals surface area contributed by atoms with E-state index in [1.165, 1.54) is 69.1 Å². The lowest BCUT2D eigenvalue weighted by Crippen LogP contribution is -2.33. The average molecular weight is 404 g/mol. The first kappa shape index (κ1) is 25.2. The summed E-state index contributed by atoms with van der Waals surface area (Å²) in [5.74, 6) is -0.493. The van der Waals surface area contributed by atoms with Gasteiger partial charge in [-0.25, -0.2) is 0 Å². The fraction of sp³-hybridized carbons (Fsp3) is 0.680. The molecule has 0 saturated carbocycles. The molecule has 0 bridgehead atoms. The van der Waals surface area contributed by atoms with Gasteiger partial charge in [-0.15, -0.1) is 0 Å². The predicted octanol–water partition coefficient (Wildman–Crippen LogP) is 6.31. The Balaban J connectivity index is 1.99. The number of benzene rings is 1. The molecule has 0 fully saturated rings. The van der Waals surface area contributed by atoms with E-state index in [0.717, 1.165) is 18.4 Å². The highest BCUT2D eigenvalue weighted by atomic mass is 16.5. The number of ether oxygens (including phenoxy) is 1. The zero-order chi connectivity index (χ0) is 21.3. The third-order valence-corrected chi connectivity index (χ3v) is 5.24. The summed E-state index contributed by atoms with van der Waals surface area (Å²) >= 11 is 0. The molecule has 0 spiro atoms. The molecule has 0 atom stereocenters. The van der Waals surface area contributed by atoms with E-state index >= 15 is 0 Å². The number of unbranched alkanes of at least 4 members (excludes halogenated alkanes) is 11. The summed E-state index contributed by atoms with van der Waals surface area (Å²) < 4.78 is 5.28. The van der Waals surface area contributed by atoms with Crippen LogP contribution in [0.15, 0.2) is 24.3 Å². The van der Waals surface area contributed by atoms with Gasteiger partial charge in [0.1, 0.15) is 6.54 Å². The van der Waals surface area contributed by atoms with Crippen molar-refractivity contribution in [1.82, 2.24) is 4.90 Å². The largest absolute Gasteiger partial charge is 0.464 e. The summed E-state index contributed by atoms with van der Waals surface area (Å²) in [6.45, 7) is 4.64. The van der Waals surface area contributed by atoms with Crippen molar-refractivity contribution in [2.45, 2.75) is 90.9 Å². The van der Waals surface area contributed by atoms with Crippen LogP contribution in [-0.2, 0) is 9.53 Å². The van der Waals surface area contributed by atoms with Gasteiger partial charge in [0, 0.05) is 12.6 Å². The first-order valence-corrected chi connectivity index (χ1v) is 11.5. The zero-order valence-corrected chi connectivity index (χ0v) is 18.9. The molecule has 0 N–H and O–H groups in total. The molecule has 0 aromatic heterocycles. The van der Waals surface area contributed by atoms with Gasteiger partial charge in [0.2, 0.25) is 0 Å². The smallest absolute Gasteiger partial charge is 0.325 e. The Hall–Kier alpha value is -1.84. The molecule has 0 aliphatic heterocycles. The summed E-state index contributed by atoms with van der Waals surface area (Å²) in [6.07, 6.45) is 15.4. The molecular formula is C25H41NO3. The van der Waals surface area contributed by atoms with Crippen LogP contribution in [0.25, 0.3) is 0 Å². The number of rotatable bonds is 16. The molecule has 0 radical (unpaired) electrons. The number of amides is 1. The summed E-state index contributed by atoms with van der Waals surface area (Å²) in [5.41, 5.74) is 1.63. The fourth-order valence-electron chi connectivity index (χ4n) is 3.44. The van der Waals surface area contributed by atoms with Crippen LogP contribution in [0.4, 0.5) is 0 Å². The first-order valence-electron chi connectivity index (χ1n) is 11.5. The Morgan fingerprint density at radius 3 is 1.97 bits per heavy atom. The highest BCUT2D eigenvalue weighted by Crippen LogP contribution is 2.12. The first-order chi connectivity index (χ1) is 14.0. The van der Waals surface area contributed by atoms with Crippen molar-refractivity contribution in [2.24, 2.45) is 0 Å². The molecule has 1 aromatic carbocycles. The van der Waals surface area contributed by atoms with E-state index < -0.39 is 0 Å². The van der Waals surface area contributed by atoms with Gasteiger partial charge in [0.05, 0.1) is 6.61 Å². The molecule has 29 heavy (non-hydrogen) atoms. The number of aryl methyl sites for hydroxylation is 1. The molecule has 1 amide bonds. The van der Waals surface area contributed by atoms with E-state index in [1.54, 1.807) is 13.1 Å². The monoisotopic (exact) mass is 403 g/mol. The molecule has 4 nitrogen and oxygen atoms in total. The van der Waals surface area contributed by atoms with Gasteiger partial charge in [0.25, 0.3) is 5.91 Å². The van der Waals surface area contributed by atoms with Gasteiger partial charge in [-0.05, 0) is 25.5 Å². The van der Waals surface area contributed by atoms with E-state index in [2.05, 4.69) is 6.92 Å². The molecule has 0 saturated heterocycles. The Kier molecular flexibility index (Phi) is 13.9. The maximum Gasteiger partial charge on any atom is 0.325 e. The Labute approximate surface area is 178 Å². The fourth-order valence-corrected chi connectivity index (χ4v) is 3.44. The minimum absolute atomic E-state index is 0.00890. The highest BCUT2D eigenvalue weighted by molar-refractivity contribution is 5.95. The van der Waals surface area contributed by atoms with Gasteiger partial charge in [-0.2, -0.15) is 0 Å². The van der Waals surface area contributed by atoms with Crippen molar-refractivity contribution in [3.63, 3.8) is 0 Å². The normalized spacial score (nSPS) is 10.7. The summed E-state index contributed by atoms with van der Waals surface area (Å²) in [7, 11) is 1.63. The third kappa shape index (κ3) is 12.4. The number of likely N-dealkylation sites (N-methyl/N-ethyl adjacent to an activating group) is 1. The van der Waals surface area contributed by atoms with Crippen molar-refractivity contribution in [1.29, 1.82) is 0 Å². The Morgan fingerprint density at radius 2 is 1.41 bits per heavy atom. The number of carbonyl (C=O) groups excluding carboxylic acids is 2. The maximum atomic E-state index is 12.3. The Morgan fingerprint density at radius 1 is 0.862 bits per heavy atom. The van der Waals surface area contributed by atoms with Crippen LogP contribution < -0.4 is 0 Å². The van der Waals surface area contributed by atoms with Crippen LogP contribution in [0.3, 0.4) is 0 Å². The van der Waals surface area contributed by atoms with Gasteiger partial charge in [0.15, 0.2) is 0 Å². The summed E-state index contributed by atoms with van der Waals surface area (Å²) in [6, 6.07) is 7.39. The third-order valence-electron chi connectivity index (χ3n) is 5.24. The molecule has 1 rings (SSSR count). The molecule has 164 valence electrons. The topological polar surface area (TPSA) is 46.6 Å². The van der Waals surface area contributed by atoms with Crippen molar-refractivity contribution in [3.05, 3.63) is 35.4 Å². The summed E-state index contributed by atoms with van der Waals surface area (Å²) in [5, 5.41) is 0. The summed E-state index contributed by atoms with van der Waals surface area (Å²) in [4.78, 5) is 25.7. The lowest BCUT2D eigenvalue weighted by atomic mass is 10.1. The molecule has 0 unspecified atom stereocenters. The number of carbonyl (C=O) groups is 2. The van der Waals surface area contributed by atoms with Crippen LogP contribution in [0.5, 0.6) is 0 Å².